The van der Waals surface area contributed by atoms with Crippen LogP contribution in [0.5, 0.6) is 0 Å². The lowest BCUT2D eigenvalue weighted by Gasteiger charge is -2.27. The van der Waals surface area contributed by atoms with E-state index >= 15 is 0 Å². The van der Waals surface area contributed by atoms with Crippen LogP contribution >= 0.6 is 0 Å². The van der Waals surface area contributed by atoms with E-state index in [4.69, 9.17) is 5.11 Å². The van der Waals surface area contributed by atoms with Gasteiger partial charge < -0.3 is 41.9 Å². The zero-order chi connectivity index (χ0) is 28.0. The van der Waals surface area contributed by atoms with Crippen LogP contribution in [0.25, 0.3) is 0 Å². The zero-order valence-corrected chi connectivity index (χ0v) is 20.6. The maximum atomic E-state index is 12.6. The smallest absolute Gasteiger partial charge is 0.305 e. The third kappa shape index (κ3) is 11.7. The molecule has 0 fully saturated rings. The molecule has 36 heavy (non-hydrogen) atoms. The van der Waals surface area contributed by atoms with E-state index in [2.05, 4.69) is 16.0 Å². The summed E-state index contributed by atoms with van der Waals surface area (Å²) in [7, 11) is 0. The molecule has 0 aromatic carbocycles. The molecule has 0 aromatic rings. The van der Waals surface area contributed by atoms with E-state index in [9.17, 15) is 43.8 Å². The zero-order valence-electron chi connectivity index (χ0n) is 20.6. The van der Waals surface area contributed by atoms with E-state index < -0.39 is 85.1 Å². The second-order valence-corrected chi connectivity index (χ2v) is 8.07. The molecule has 8 N–H and O–H groups in total. The minimum Gasteiger partial charge on any atom is -0.481 e. The van der Waals surface area contributed by atoms with Gasteiger partial charge in [0, 0.05) is 13.5 Å². The molecule has 0 radical (unpaired) electrons. The fraction of sp³-hybridized carbons (Fsp3) is 0.667. The fourth-order valence-corrected chi connectivity index (χ4v) is 2.81. The maximum Gasteiger partial charge on any atom is 0.305 e. The summed E-state index contributed by atoms with van der Waals surface area (Å²) in [6, 6.07) is -4.11. The first-order valence-corrected chi connectivity index (χ1v) is 11.2. The van der Waals surface area contributed by atoms with Crippen molar-refractivity contribution in [2.45, 2.75) is 64.8 Å². The summed E-state index contributed by atoms with van der Waals surface area (Å²) in [6.07, 6.45) is -1.29. The van der Waals surface area contributed by atoms with Crippen molar-refractivity contribution in [3.8, 4) is 0 Å². The summed E-state index contributed by atoms with van der Waals surface area (Å²) in [6.45, 7) is 3.95. The Kier molecular flexibility index (Phi) is 14.5. The lowest BCUT2D eigenvalue weighted by atomic mass is 9.97. The number of hydrogen-bond acceptors (Lipinski definition) is 9. The number of Topliss-reactive ketones (excluding diaryl/α,β-unsaturated/α-hetero) is 1. The number of carboxylic acid groups (broad SMARTS) is 1. The molecule has 0 aliphatic carbocycles. The normalized spacial score (nSPS) is 14.7. The molecular weight excluding hydrogens is 482 g/mol. The summed E-state index contributed by atoms with van der Waals surface area (Å²) >= 11 is 0. The Morgan fingerprint density at radius 2 is 1.47 bits per heavy atom. The van der Waals surface area contributed by atoms with Crippen LogP contribution in [0.4, 0.5) is 0 Å². The van der Waals surface area contributed by atoms with E-state index in [0.717, 1.165) is 0 Å². The van der Waals surface area contributed by atoms with Gasteiger partial charge in [-0.1, -0.05) is 20.3 Å². The third-order valence-corrected chi connectivity index (χ3v) is 5.02. The summed E-state index contributed by atoms with van der Waals surface area (Å²) in [5.74, 6) is -7.04. The average molecular weight is 518 g/mol. The van der Waals surface area contributed by atoms with Gasteiger partial charge in [-0.3, -0.25) is 33.6 Å². The predicted octanol–water partition coefficient (Wildman–Crippen LogP) is -3.84. The monoisotopic (exact) mass is 517 g/mol. The number of amides is 5. The number of aliphatic carboxylic acids is 1. The summed E-state index contributed by atoms with van der Waals surface area (Å²) in [5, 5.41) is 38.9. The second-order valence-electron chi connectivity index (χ2n) is 8.07. The van der Waals surface area contributed by atoms with E-state index in [1.807, 2.05) is 10.6 Å². The van der Waals surface area contributed by atoms with Crippen molar-refractivity contribution in [3.63, 3.8) is 0 Å². The van der Waals surface area contributed by atoms with Crippen molar-refractivity contribution in [3.05, 3.63) is 0 Å². The Hall–Kier alpha value is -3.59. The molecule has 0 aliphatic heterocycles. The first-order chi connectivity index (χ1) is 16.7. The average Bonchev–Trinajstić information content (AvgIpc) is 2.80. The number of hydrogen-bond donors (Lipinski definition) is 8. The molecule has 0 saturated heterocycles. The first kappa shape index (κ1) is 32.4. The molecule has 204 valence electrons. The van der Waals surface area contributed by atoms with Gasteiger partial charge in [-0.15, -0.1) is 0 Å². The van der Waals surface area contributed by atoms with Crippen LogP contribution in [0.15, 0.2) is 0 Å². The molecule has 5 amide bonds. The standard InChI is InChI=1S/C21H35N5O10/c1-5-10(2)16(24-12(4)29)20(35)26-17(11(3)28)19(34)23-8-14(30)25-13(9-27)18(33)21(36)22-7-6-15(31)32/h10-11,13,16-17,27-28H,5-9H2,1-4H3,(H,22,36)(H,23,34)(H,24,29)(H,25,30)(H,26,35)(H,31,32)/t10-,11-,13?,16+,17+/m1/s1. The Labute approximate surface area is 207 Å². The number of carbonyl (C=O) groups is 7. The molecule has 5 atom stereocenters. The molecule has 0 aromatic heterocycles. The molecule has 0 heterocycles. The second kappa shape index (κ2) is 16.1. The summed E-state index contributed by atoms with van der Waals surface area (Å²) in [4.78, 5) is 82.9. The highest BCUT2D eigenvalue weighted by Crippen LogP contribution is 2.09. The molecule has 15 nitrogen and oxygen atoms in total. The Balaban J connectivity index is 5.03. The predicted molar refractivity (Wildman–Crippen MR) is 123 cm³/mol. The Bertz CT molecular complexity index is 832. The quantitative estimate of drug-likeness (QED) is 0.0927. The number of ketones is 1. The van der Waals surface area contributed by atoms with Crippen LogP contribution in [-0.2, 0) is 33.6 Å². The van der Waals surface area contributed by atoms with Gasteiger partial charge in [-0.2, -0.15) is 0 Å². The van der Waals surface area contributed by atoms with Crippen molar-refractivity contribution in [2.75, 3.05) is 19.7 Å². The van der Waals surface area contributed by atoms with E-state index in [-0.39, 0.29) is 12.5 Å². The third-order valence-electron chi connectivity index (χ3n) is 5.02. The number of aliphatic hydroxyl groups excluding tert-OH is 2. The largest absolute Gasteiger partial charge is 0.481 e. The van der Waals surface area contributed by atoms with Crippen LogP contribution in [0.2, 0.25) is 0 Å². The van der Waals surface area contributed by atoms with Gasteiger partial charge in [0.1, 0.15) is 18.1 Å². The van der Waals surface area contributed by atoms with Gasteiger partial charge in [0.15, 0.2) is 0 Å². The lowest BCUT2D eigenvalue weighted by Crippen LogP contribution is -2.59. The number of nitrogens with one attached hydrogen (secondary N) is 5. The van der Waals surface area contributed by atoms with Crippen molar-refractivity contribution in [1.82, 2.24) is 26.6 Å². The Morgan fingerprint density at radius 1 is 0.861 bits per heavy atom. The highest BCUT2D eigenvalue weighted by Gasteiger charge is 2.32. The highest BCUT2D eigenvalue weighted by molar-refractivity contribution is 6.38. The van der Waals surface area contributed by atoms with Gasteiger partial charge in [-0.05, 0) is 12.8 Å². The maximum absolute atomic E-state index is 12.6. The van der Waals surface area contributed by atoms with Gasteiger partial charge in [-0.25, -0.2) is 0 Å². The van der Waals surface area contributed by atoms with Crippen molar-refractivity contribution in [2.24, 2.45) is 5.92 Å². The number of aliphatic hydroxyl groups is 2. The van der Waals surface area contributed by atoms with E-state index in [1.165, 1.54) is 13.8 Å². The van der Waals surface area contributed by atoms with Gasteiger partial charge in [0.05, 0.1) is 25.7 Å². The molecule has 15 heteroatoms. The van der Waals surface area contributed by atoms with Crippen LogP contribution in [0.1, 0.15) is 40.5 Å². The topological polar surface area (TPSA) is 240 Å². The van der Waals surface area contributed by atoms with E-state index in [1.54, 1.807) is 13.8 Å². The molecule has 0 saturated carbocycles. The van der Waals surface area contributed by atoms with E-state index in [0.29, 0.717) is 6.42 Å². The first-order valence-electron chi connectivity index (χ1n) is 11.2. The molecule has 0 rings (SSSR count). The van der Waals surface area contributed by atoms with Gasteiger partial charge in [0.25, 0.3) is 5.91 Å². The van der Waals surface area contributed by atoms with Crippen molar-refractivity contribution < 1.29 is 48.9 Å². The Morgan fingerprint density at radius 3 is 1.94 bits per heavy atom. The minimum atomic E-state index is -1.65. The van der Waals surface area contributed by atoms with Crippen LogP contribution in [-0.4, -0.2) is 101 Å². The van der Waals surface area contributed by atoms with Crippen molar-refractivity contribution >= 4 is 41.3 Å². The van der Waals surface area contributed by atoms with Gasteiger partial charge >= 0.3 is 5.97 Å². The van der Waals surface area contributed by atoms with Crippen molar-refractivity contribution in [1.29, 1.82) is 0 Å². The summed E-state index contributed by atoms with van der Waals surface area (Å²) < 4.78 is 0. The number of rotatable bonds is 16. The van der Waals surface area contributed by atoms with Crippen LogP contribution in [0.3, 0.4) is 0 Å². The number of carboxylic acids is 1. The van der Waals surface area contributed by atoms with Crippen LogP contribution < -0.4 is 26.6 Å². The fourth-order valence-electron chi connectivity index (χ4n) is 2.81. The van der Waals surface area contributed by atoms with Gasteiger partial charge in [0.2, 0.25) is 29.4 Å². The molecule has 0 spiro atoms. The molecule has 1 unspecified atom stereocenters. The SMILES string of the molecule is CC[C@@H](C)[C@H](NC(C)=O)C(=O)N[C@H](C(=O)NCC(=O)NC(CO)C(=O)C(=O)NCCC(=O)O)[C@@H](C)O. The molecule has 0 bridgehead atoms. The number of carbonyl (C=O) groups excluding carboxylic acids is 6. The van der Waals surface area contributed by atoms with Crippen LogP contribution in [0, 0.1) is 5.92 Å². The lowest BCUT2D eigenvalue weighted by molar-refractivity contribution is -0.141. The summed E-state index contributed by atoms with van der Waals surface area (Å²) in [5.41, 5.74) is 0. The molecule has 0 aliphatic rings. The minimum absolute atomic E-state index is 0.285. The highest BCUT2D eigenvalue weighted by atomic mass is 16.4. The molecular formula is C21H35N5O10.